The zero-order valence-electron chi connectivity index (χ0n) is 7.23. The van der Waals surface area contributed by atoms with Crippen molar-refractivity contribution in [1.29, 1.82) is 0 Å². The molecule has 0 bridgehead atoms. The van der Waals surface area contributed by atoms with E-state index >= 15 is 0 Å². The molecule has 1 amide bonds. The molecule has 2 heterocycles. The number of carbonyl (C=O) groups excluding carboxylic acids is 1. The summed E-state index contributed by atoms with van der Waals surface area (Å²) in [7, 11) is 0. The van der Waals surface area contributed by atoms with Crippen LogP contribution in [0.1, 0.15) is 16.6 Å². The fourth-order valence-electron chi connectivity index (χ4n) is 1.17. The van der Waals surface area contributed by atoms with Crippen molar-refractivity contribution in [3.8, 4) is 5.75 Å². The van der Waals surface area contributed by atoms with Gasteiger partial charge in [0.2, 0.25) is 0 Å². The van der Waals surface area contributed by atoms with Crippen LogP contribution in [0.25, 0.3) is 0 Å². The average molecular weight is 213 g/mol. The Morgan fingerprint density at radius 1 is 1.71 bits per heavy atom. The number of hydrogen-bond acceptors (Lipinski definition) is 4. The second-order valence-electron chi connectivity index (χ2n) is 2.86. The molecule has 0 aliphatic carbocycles. The first-order chi connectivity index (χ1) is 6.59. The number of ether oxygens (including phenoxy) is 1. The summed E-state index contributed by atoms with van der Waals surface area (Å²) in [6.07, 6.45) is -0.571. The molecule has 6 heteroatoms. The van der Waals surface area contributed by atoms with Crippen LogP contribution in [0.15, 0.2) is 5.38 Å². The van der Waals surface area contributed by atoms with Gasteiger partial charge in [-0.15, -0.1) is 11.3 Å². The Labute approximate surface area is 83.3 Å². The van der Waals surface area contributed by atoms with Gasteiger partial charge in [-0.3, -0.25) is 4.79 Å². The highest BCUT2D eigenvalue weighted by molar-refractivity contribution is 7.13. The first-order valence-electron chi connectivity index (χ1n) is 3.92. The van der Waals surface area contributed by atoms with Crippen molar-refractivity contribution < 1.29 is 19.4 Å². The van der Waals surface area contributed by atoms with Crippen LogP contribution < -0.4 is 10.1 Å². The van der Waals surface area contributed by atoms with Gasteiger partial charge in [-0.25, -0.2) is 4.79 Å². The van der Waals surface area contributed by atoms with E-state index in [4.69, 9.17) is 9.84 Å². The van der Waals surface area contributed by atoms with E-state index in [1.807, 2.05) is 0 Å². The van der Waals surface area contributed by atoms with E-state index in [0.29, 0.717) is 5.75 Å². The smallest absolute Gasteiger partial charge is 0.348 e. The molecule has 0 aromatic carbocycles. The van der Waals surface area contributed by atoms with Crippen molar-refractivity contribution in [2.24, 2.45) is 0 Å². The maximum atomic E-state index is 11.2. The Morgan fingerprint density at radius 2 is 2.43 bits per heavy atom. The topological polar surface area (TPSA) is 75.6 Å². The Bertz CT molecular complexity index is 411. The third kappa shape index (κ3) is 1.24. The van der Waals surface area contributed by atoms with Crippen LogP contribution in [0.3, 0.4) is 0 Å². The standard InChI is InChI=1S/C8H7NO4S/c1-3-7(10)9-5-4(13-3)2-14-6(5)8(11)12/h2-3H,1H3,(H,9,10)(H,11,12). The van der Waals surface area contributed by atoms with Crippen molar-refractivity contribution in [3.63, 3.8) is 0 Å². The number of amides is 1. The minimum Gasteiger partial charge on any atom is -0.478 e. The third-order valence-electron chi connectivity index (χ3n) is 1.87. The maximum absolute atomic E-state index is 11.2. The monoisotopic (exact) mass is 213 g/mol. The minimum atomic E-state index is -1.06. The van der Waals surface area contributed by atoms with Crippen molar-refractivity contribution in [2.75, 3.05) is 5.32 Å². The number of carboxylic acid groups (broad SMARTS) is 1. The average Bonchev–Trinajstić information content (AvgIpc) is 2.48. The molecule has 2 N–H and O–H groups in total. The summed E-state index contributed by atoms with van der Waals surface area (Å²) in [5.74, 6) is -0.951. The molecule has 14 heavy (non-hydrogen) atoms. The normalized spacial score (nSPS) is 19.5. The summed E-state index contributed by atoms with van der Waals surface area (Å²) in [6, 6.07) is 0. The fraction of sp³-hybridized carbons (Fsp3) is 0.250. The quantitative estimate of drug-likeness (QED) is 0.734. The molecule has 1 atom stereocenters. The summed E-state index contributed by atoms with van der Waals surface area (Å²) in [5, 5.41) is 12.9. The lowest BCUT2D eigenvalue weighted by atomic mass is 10.2. The molecule has 1 aromatic heterocycles. The van der Waals surface area contributed by atoms with Crippen LogP contribution in [0.5, 0.6) is 5.75 Å². The SMILES string of the molecule is CC1Oc2csc(C(=O)O)c2NC1=O. The zero-order valence-corrected chi connectivity index (χ0v) is 8.05. The molecule has 5 nitrogen and oxygen atoms in total. The van der Waals surface area contributed by atoms with Gasteiger partial charge in [0.25, 0.3) is 5.91 Å². The molecule has 2 rings (SSSR count). The summed E-state index contributed by atoms with van der Waals surface area (Å²) >= 11 is 1.04. The first kappa shape index (κ1) is 9.01. The number of aromatic carboxylic acids is 1. The Hall–Kier alpha value is -1.56. The lowest BCUT2D eigenvalue weighted by Crippen LogP contribution is -2.34. The van der Waals surface area contributed by atoms with Crippen molar-refractivity contribution in [1.82, 2.24) is 0 Å². The van der Waals surface area contributed by atoms with Gasteiger partial charge in [0, 0.05) is 5.38 Å². The van der Waals surface area contributed by atoms with E-state index in [1.54, 1.807) is 12.3 Å². The second-order valence-corrected chi connectivity index (χ2v) is 3.74. The highest BCUT2D eigenvalue weighted by atomic mass is 32.1. The fourth-order valence-corrected chi connectivity index (χ4v) is 1.94. The number of fused-ring (bicyclic) bond motifs is 1. The van der Waals surface area contributed by atoms with Crippen LogP contribution >= 0.6 is 11.3 Å². The largest absolute Gasteiger partial charge is 0.478 e. The molecule has 0 radical (unpaired) electrons. The molecule has 1 unspecified atom stereocenters. The summed E-state index contributed by atoms with van der Waals surface area (Å²) < 4.78 is 5.21. The number of hydrogen-bond donors (Lipinski definition) is 2. The highest BCUT2D eigenvalue weighted by Gasteiger charge is 2.29. The van der Waals surface area contributed by atoms with Crippen LogP contribution in [0.2, 0.25) is 0 Å². The highest BCUT2D eigenvalue weighted by Crippen LogP contribution is 2.38. The number of thiophene rings is 1. The van der Waals surface area contributed by atoms with E-state index in [2.05, 4.69) is 5.32 Å². The van der Waals surface area contributed by atoms with E-state index in [1.165, 1.54) is 0 Å². The Balaban J connectivity index is 2.45. The maximum Gasteiger partial charge on any atom is 0.348 e. The molecule has 0 saturated heterocycles. The van der Waals surface area contributed by atoms with Crippen molar-refractivity contribution >= 4 is 28.9 Å². The predicted octanol–water partition coefficient (Wildman–Crippen LogP) is 1.17. The first-order valence-corrected chi connectivity index (χ1v) is 4.80. The number of nitrogens with one attached hydrogen (secondary N) is 1. The van der Waals surface area contributed by atoms with Crippen LogP contribution in [-0.4, -0.2) is 23.1 Å². The van der Waals surface area contributed by atoms with Gasteiger partial charge >= 0.3 is 5.97 Å². The third-order valence-corrected chi connectivity index (χ3v) is 2.82. The van der Waals surface area contributed by atoms with Crippen molar-refractivity contribution in [2.45, 2.75) is 13.0 Å². The summed E-state index contributed by atoms with van der Waals surface area (Å²) in [5.41, 5.74) is 0.269. The molecular formula is C8H7NO4S. The van der Waals surface area contributed by atoms with Crippen molar-refractivity contribution in [3.05, 3.63) is 10.3 Å². The van der Waals surface area contributed by atoms with E-state index in [9.17, 15) is 9.59 Å². The second kappa shape index (κ2) is 2.98. The lowest BCUT2D eigenvalue weighted by molar-refractivity contribution is -0.122. The van der Waals surface area contributed by atoms with Gasteiger partial charge in [0.15, 0.2) is 11.9 Å². The van der Waals surface area contributed by atoms with Gasteiger partial charge in [0.1, 0.15) is 10.6 Å². The molecular weight excluding hydrogens is 206 g/mol. The van der Waals surface area contributed by atoms with Gasteiger partial charge in [-0.05, 0) is 6.92 Å². The molecule has 0 fully saturated rings. The van der Waals surface area contributed by atoms with Crippen LogP contribution in [0.4, 0.5) is 5.69 Å². The number of anilines is 1. The molecule has 0 saturated carbocycles. The minimum absolute atomic E-state index is 0.0975. The Kier molecular flexibility index (Phi) is 1.92. The van der Waals surface area contributed by atoms with Gasteiger partial charge in [0.05, 0.1) is 0 Å². The van der Waals surface area contributed by atoms with Crippen LogP contribution in [0, 0.1) is 0 Å². The molecule has 0 spiro atoms. The van der Waals surface area contributed by atoms with Gasteiger partial charge in [-0.1, -0.05) is 0 Å². The molecule has 1 aromatic rings. The summed E-state index contributed by atoms with van der Waals surface area (Å²) in [6.45, 7) is 1.61. The summed E-state index contributed by atoms with van der Waals surface area (Å²) in [4.78, 5) is 22.0. The number of carbonyl (C=O) groups is 2. The predicted molar refractivity (Wildman–Crippen MR) is 50.0 cm³/mol. The molecule has 74 valence electrons. The van der Waals surface area contributed by atoms with Crippen LogP contribution in [-0.2, 0) is 4.79 Å². The molecule has 1 aliphatic rings. The molecule has 1 aliphatic heterocycles. The van der Waals surface area contributed by atoms with E-state index < -0.39 is 12.1 Å². The van der Waals surface area contributed by atoms with E-state index in [0.717, 1.165) is 11.3 Å². The lowest BCUT2D eigenvalue weighted by Gasteiger charge is -2.20. The van der Waals surface area contributed by atoms with E-state index in [-0.39, 0.29) is 16.5 Å². The Morgan fingerprint density at radius 3 is 3.07 bits per heavy atom. The number of rotatable bonds is 1. The zero-order chi connectivity index (χ0) is 10.3. The number of carboxylic acids is 1. The van der Waals surface area contributed by atoms with Gasteiger partial charge in [-0.2, -0.15) is 0 Å². The van der Waals surface area contributed by atoms with Gasteiger partial charge < -0.3 is 15.2 Å².